The number of nitrogens with zero attached hydrogens (tertiary/aromatic N) is 2. The van der Waals surface area contributed by atoms with Crippen molar-refractivity contribution in [1.82, 2.24) is 9.97 Å². The third kappa shape index (κ3) is 8.37. The normalized spacial score (nSPS) is 14.2. The Balaban J connectivity index is 0.000000231. The molecule has 0 saturated carbocycles. The molecule has 2 aromatic heterocycles. The van der Waals surface area contributed by atoms with E-state index in [0.717, 1.165) is 22.4 Å². The molecule has 1 atom stereocenters. The molecule has 1 radical (unpaired) electrons. The summed E-state index contributed by atoms with van der Waals surface area (Å²) in [7, 11) is -1.34. The van der Waals surface area contributed by atoms with Gasteiger partial charge in [0.25, 0.3) is 0 Å². The van der Waals surface area contributed by atoms with E-state index in [1.54, 1.807) is 18.2 Å². The van der Waals surface area contributed by atoms with Gasteiger partial charge in [0.15, 0.2) is 0 Å². The maximum atomic E-state index is 13.4. The SMILES string of the molecule is [2H]C(C)(c1ccccc1)c1cc[c-]c(-c2cc(F)ccn2)c1.[2H]C([2H])([2H])c1c[c-]c(-c2ccc([Si](C)(C)C)cn2)cc1.[Ir]. The van der Waals surface area contributed by atoms with Gasteiger partial charge in [-0.3, -0.25) is 0 Å². The molecule has 5 aromatic rings. The van der Waals surface area contributed by atoms with Crippen molar-refractivity contribution in [2.24, 2.45) is 0 Å². The van der Waals surface area contributed by atoms with Crippen LogP contribution in [0, 0.1) is 24.8 Å². The Morgan fingerprint density at radius 1 is 0.846 bits per heavy atom. The summed E-state index contributed by atoms with van der Waals surface area (Å²) in [6.07, 6.45) is 3.36. The number of rotatable bonds is 5. The molecule has 0 amide bonds. The second-order valence-electron chi connectivity index (χ2n) is 10.0. The Hall–Kier alpha value is -3.24. The minimum atomic E-state index is -2.08. The second-order valence-corrected chi connectivity index (χ2v) is 15.1. The topological polar surface area (TPSA) is 25.8 Å². The Kier molecular flexibility index (Phi) is 8.71. The van der Waals surface area contributed by atoms with Crippen LogP contribution >= 0.6 is 0 Å². The summed E-state index contributed by atoms with van der Waals surface area (Å²) < 4.78 is 44.1. The van der Waals surface area contributed by atoms with E-state index in [-0.39, 0.29) is 25.9 Å². The van der Waals surface area contributed by atoms with Gasteiger partial charge >= 0.3 is 0 Å². The molecule has 1 unspecified atom stereocenters. The minimum Gasteiger partial charge on any atom is -0.305 e. The van der Waals surface area contributed by atoms with E-state index in [9.17, 15) is 4.39 Å². The Labute approximate surface area is 252 Å². The second kappa shape index (κ2) is 13.7. The molecule has 0 spiro atoms. The zero-order valence-corrected chi connectivity index (χ0v) is 25.8. The first kappa shape index (κ1) is 24.8. The molecule has 5 rings (SSSR count). The van der Waals surface area contributed by atoms with E-state index < -0.39 is 20.8 Å². The van der Waals surface area contributed by atoms with Gasteiger partial charge in [-0.2, -0.15) is 0 Å². The molecule has 0 aliphatic rings. The van der Waals surface area contributed by atoms with Gasteiger partial charge in [-0.1, -0.05) is 75.9 Å². The average Bonchev–Trinajstić information content (AvgIpc) is 2.97. The third-order valence-corrected chi connectivity index (χ3v) is 8.19. The van der Waals surface area contributed by atoms with Crippen LogP contribution in [0.3, 0.4) is 0 Å². The first-order valence-corrected chi connectivity index (χ1v) is 15.9. The number of halogens is 1. The molecule has 201 valence electrons. The summed E-state index contributed by atoms with van der Waals surface area (Å²) in [5.41, 5.74) is 4.87. The van der Waals surface area contributed by atoms with E-state index in [2.05, 4.69) is 47.8 Å². The number of hydrogen-bond donors (Lipinski definition) is 0. The van der Waals surface area contributed by atoms with Gasteiger partial charge in [0, 0.05) is 38.0 Å². The van der Waals surface area contributed by atoms with Crippen molar-refractivity contribution in [3.63, 3.8) is 0 Å². The van der Waals surface area contributed by atoms with Crippen LogP contribution < -0.4 is 5.19 Å². The van der Waals surface area contributed by atoms with Gasteiger partial charge < -0.3 is 9.97 Å². The maximum Gasteiger partial charge on any atom is 0.117 e. The van der Waals surface area contributed by atoms with Crippen molar-refractivity contribution in [3.8, 4) is 22.5 Å². The monoisotopic (exact) mass is 713 g/mol. The molecule has 0 fully saturated rings. The first-order valence-electron chi connectivity index (χ1n) is 14.4. The third-order valence-electron chi connectivity index (χ3n) is 6.16. The fourth-order valence-corrected chi connectivity index (χ4v) is 4.87. The molecule has 0 N–H and O–H groups in total. The number of pyridine rings is 2. The fraction of sp³-hybridized carbons (Fsp3) is 0.176. The van der Waals surface area contributed by atoms with Gasteiger partial charge in [0.2, 0.25) is 0 Å². The number of hydrogen-bond acceptors (Lipinski definition) is 2. The Bertz CT molecular complexity index is 1560. The molecule has 2 nitrogen and oxygen atoms in total. The van der Waals surface area contributed by atoms with Gasteiger partial charge in [0.05, 0.1) is 8.07 Å². The van der Waals surface area contributed by atoms with Crippen molar-refractivity contribution in [1.29, 1.82) is 0 Å². The molecule has 0 saturated heterocycles. The molecule has 2 heterocycles. The molecule has 0 bridgehead atoms. The van der Waals surface area contributed by atoms with E-state index >= 15 is 0 Å². The molecule has 0 aliphatic carbocycles. The van der Waals surface area contributed by atoms with Crippen LogP contribution in [-0.4, -0.2) is 18.0 Å². The molecular formula is C34H33FIrN2Si-2. The van der Waals surface area contributed by atoms with Crippen LogP contribution in [0.25, 0.3) is 22.5 Å². The van der Waals surface area contributed by atoms with Crippen LogP contribution in [0.15, 0.2) is 103 Å². The summed E-state index contributed by atoms with van der Waals surface area (Å²) in [4.78, 5) is 8.64. The van der Waals surface area contributed by atoms with E-state index in [0.29, 0.717) is 16.8 Å². The summed E-state index contributed by atoms with van der Waals surface area (Å²) in [6.45, 7) is 6.60. The van der Waals surface area contributed by atoms with Crippen LogP contribution in [0.4, 0.5) is 4.39 Å². The van der Waals surface area contributed by atoms with Crippen LogP contribution in [-0.2, 0) is 20.1 Å². The van der Waals surface area contributed by atoms with Gasteiger partial charge in [-0.15, -0.1) is 70.8 Å². The van der Waals surface area contributed by atoms with Crippen molar-refractivity contribution in [3.05, 3.63) is 138 Å². The summed E-state index contributed by atoms with van der Waals surface area (Å²) in [5, 5.41) is 1.31. The van der Waals surface area contributed by atoms with Crippen LogP contribution in [0.2, 0.25) is 19.6 Å². The largest absolute Gasteiger partial charge is 0.305 e. The summed E-state index contributed by atoms with van der Waals surface area (Å²) in [5.74, 6) is -1.22. The Morgan fingerprint density at radius 3 is 2.26 bits per heavy atom. The average molecular weight is 713 g/mol. The first-order chi connectivity index (χ1) is 19.7. The van der Waals surface area contributed by atoms with Gasteiger partial charge in [0.1, 0.15) is 5.82 Å². The maximum absolute atomic E-state index is 13.4. The summed E-state index contributed by atoms with van der Waals surface area (Å²) >= 11 is 0. The molecule has 5 heteroatoms. The van der Waals surface area contributed by atoms with E-state index in [4.69, 9.17) is 5.48 Å². The van der Waals surface area contributed by atoms with Crippen LogP contribution in [0.5, 0.6) is 0 Å². The van der Waals surface area contributed by atoms with Crippen molar-refractivity contribution in [2.45, 2.75) is 39.3 Å². The van der Waals surface area contributed by atoms with Gasteiger partial charge in [-0.25, -0.2) is 4.39 Å². The number of benzene rings is 3. The van der Waals surface area contributed by atoms with E-state index in [1.807, 2.05) is 61.7 Å². The molecule has 3 aromatic carbocycles. The van der Waals surface area contributed by atoms with Crippen molar-refractivity contribution >= 4 is 13.3 Å². The van der Waals surface area contributed by atoms with Gasteiger partial charge in [-0.05, 0) is 40.2 Å². The molecule has 0 aliphatic heterocycles. The van der Waals surface area contributed by atoms with E-state index in [1.165, 1.54) is 29.6 Å². The minimum absolute atomic E-state index is 0. The fourth-order valence-electron chi connectivity index (χ4n) is 3.84. The number of aromatic nitrogens is 2. The predicted octanol–water partition coefficient (Wildman–Crippen LogP) is 8.24. The quantitative estimate of drug-likeness (QED) is 0.136. The molecular weight excluding hydrogens is 676 g/mol. The standard InChI is InChI=1S/C19H15FN.C15H18NSi.Ir/c1-14(15-6-3-2-4-7-15)16-8-5-9-17(12-16)19-13-18(20)10-11-21-19;1-12-5-7-13(8-6-12)15-10-9-14(11-16-15)17(2,3)4;/h2-8,10-14H,1H3;5-7,9-11H,1-4H3;/q2*-1;/i14D;1D3;. The van der Waals surface area contributed by atoms with Crippen molar-refractivity contribution < 1.29 is 30.0 Å². The van der Waals surface area contributed by atoms with Crippen molar-refractivity contribution in [2.75, 3.05) is 0 Å². The zero-order chi connectivity index (χ0) is 30.5. The zero-order valence-electron chi connectivity index (χ0n) is 26.4. The predicted molar refractivity (Wildman–Crippen MR) is 159 cm³/mol. The number of aryl methyl sites for hydroxylation is 1. The molecule has 39 heavy (non-hydrogen) atoms. The summed E-state index contributed by atoms with van der Waals surface area (Å²) in [6, 6.07) is 32.9. The Morgan fingerprint density at radius 2 is 1.64 bits per heavy atom. The van der Waals surface area contributed by atoms with Crippen LogP contribution in [0.1, 0.15) is 35.0 Å². The smallest absolute Gasteiger partial charge is 0.117 e.